The van der Waals surface area contributed by atoms with Gasteiger partial charge in [0.05, 0.1) is 0 Å². The number of rotatable bonds is 9. The first-order valence-electron chi connectivity index (χ1n) is 7.80. The summed E-state index contributed by atoms with van der Waals surface area (Å²) in [5, 5.41) is 2.91. The minimum atomic E-state index is -0.395. The van der Waals surface area contributed by atoms with Crippen LogP contribution in [0.2, 0.25) is 0 Å². The standard InChI is InChI=1S/C17H28N2O2/c1-5-19(6-2)13-16-10-8-9-15(11-16)12-18-17(20)14(4)21-7-3/h8-11,14H,5-7,12-13H2,1-4H3,(H,18,20)/t14-/m1/s1. The van der Waals surface area contributed by atoms with E-state index in [9.17, 15) is 4.79 Å². The minimum absolute atomic E-state index is 0.0639. The van der Waals surface area contributed by atoms with E-state index < -0.39 is 6.10 Å². The number of hydrogen-bond donors (Lipinski definition) is 1. The molecule has 0 aliphatic rings. The van der Waals surface area contributed by atoms with E-state index in [1.807, 2.05) is 19.1 Å². The van der Waals surface area contributed by atoms with Crippen LogP contribution in [0.1, 0.15) is 38.8 Å². The highest BCUT2D eigenvalue weighted by molar-refractivity contribution is 5.80. The summed E-state index contributed by atoms with van der Waals surface area (Å²) in [6, 6.07) is 8.38. The van der Waals surface area contributed by atoms with Gasteiger partial charge in [-0.2, -0.15) is 0 Å². The Labute approximate surface area is 128 Å². The number of nitrogens with zero attached hydrogens (tertiary/aromatic N) is 1. The summed E-state index contributed by atoms with van der Waals surface area (Å²) in [6.07, 6.45) is -0.395. The van der Waals surface area contributed by atoms with Gasteiger partial charge in [-0.3, -0.25) is 9.69 Å². The molecule has 0 saturated heterocycles. The van der Waals surface area contributed by atoms with Crippen LogP contribution in [0.4, 0.5) is 0 Å². The summed E-state index contributed by atoms with van der Waals surface area (Å²) in [5.41, 5.74) is 2.40. The zero-order valence-electron chi connectivity index (χ0n) is 13.7. The second-order valence-electron chi connectivity index (χ2n) is 5.10. The minimum Gasteiger partial charge on any atom is -0.369 e. The van der Waals surface area contributed by atoms with Gasteiger partial charge >= 0.3 is 0 Å². The Balaban J connectivity index is 2.54. The lowest BCUT2D eigenvalue weighted by atomic mass is 10.1. The third kappa shape index (κ3) is 6.27. The van der Waals surface area contributed by atoms with Crippen molar-refractivity contribution in [3.05, 3.63) is 35.4 Å². The van der Waals surface area contributed by atoms with Crippen molar-refractivity contribution >= 4 is 5.91 Å². The van der Waals surface area contributed by atoms with Crippen molar-refractivity contribution in [2.24, 2.45) is 0 Å². The maximum atomic E-state index is 11.8. The lowest BCUT2D eigenvalue weighted by molar-refractivity contribution is -0.131. The van der Waals surface area contributed by atoms with E-state index in [-0.39, 0.29) is 5.91 Å². The van der Waals surface area contributed by atoms with Gasteiger partial charge in [0.25, 0.3) is 0 Å². The van der Waals surface area contributed by atoms with Crippen LogP contribution >= 0.6 is 0 Å². The molecular weight excluding hydrogens is 264 g/mol. The molecule has 0 radical (unpaired) electrons. The zero-order chi connectivity index (χ0) is 15.7. The Morgan fingerprint density at radius 2 is 1.90 bits per heavy atom. The molecule has 4 nitrogen and oxygen atoms in total. The van der Waals surface area contributed by atoms with Crippen molar-refractivity contribution in [3.8, 4) is 0 Å². The first-order valence-corrected chi connectivity index (χ1v) is 7.80. The van der Waals surface area contributed by atoms with E-state index in [0.717, 1.165) is 25.2 Å². The number of ether oxygens (including phenoxy) is 1. The molecule has 21 heavy (non-hydrogen) atoms. The molecular formula is C17H28N2O2. The molecule has 0 bridgehead atoms. The maximum Gasteiger partial charge on any atom is 0.249 e. The molecule has 1 amide bonds. The SMILES string of the molecule is CCO[C@H](C)C(=O)NCc1cccc(CN(CC)CC)c1. The summed E-state index contributed by atoms with van der Waals surface area (Å²) < 4.78 is 5.28. The third-order valence-electron chi connectivity index (χ3n) is 3.54. The largest absolute Gasteiger partial charge is 0.369 e. The molecule has 0 spiro atoms. The van der Waals surface area contributed by atoms with Gasteiger partial charge in [0.15, 0.2) is 0 Å². The second kappa shape index (κ2) is 9.53. The summed E-state index contributed by atoms with van der Waals surface area (Å²) in [6.45, 7) is 12.1. The van der Waals surface area contributed by atoms with Gasteiger partial charge in [0, 0.05) is 19.7 Å². The lowest BCUT2D eigenvalue weighted by Crippen LogP contribution is -2.34. The van der Waals surface area contributed by atoms with Crippen molar-refractivity contribution in [1.82, 2.24) is 10.2 Å². The normalized spacial score (nSPS) is 12.4. The molecule has 0 saturated carbocycles. The number of nitrogens with one attached hydrogen (secondary N) is 1. The van der Waals surface area contributed by atoms with Crippen molar-refractivity contribution in [1.29, 1.82) is 0 Å². The molecule has 0 aliphatic heterocycles. The number of benzene rings is 1. The number of carbonyl (C=O) groups is 1. The van der Waals surface area contributed by atoms with Crippen molar-refractivity contribution in [2.75, 3.05) is 19.7 Å². The van der Waals surface area contributed by atoms with E-state index in [0.29, 0.717) is 13.2 Å². The highest BCUT2D eigenvalue weighted by Gasteiger charge is 2.11. The molecule has 0 aromatic heterocycles. The molecule has 1 atom stereocenters. The van der Waals surface area contributed by atoms with E-state index in [4.69, 9.17) is 4.74 Å². The number of carbonyl (C=O) groups excluding carboxylic acids is 1. The second-order valence-corrected chi connectivity index (χ2v) is 5.10. The third-order valence-corrected chi connectivity index (χ3v) is 3.54. The Kier molecular flexibility index (Phi) is 8.01. The predicted octanol–water partition coefficient (Wildman–Crippen LogP) is 2.57. The molecule has 0 heterocycles. The van der Waals surface area contributed by atoms with Crippen molar-refractivity contribution in [2.45, 2.75) is 46.9 Å². The molecule has 1 aromatic rings. The molecule has 0 aliphatic carbocycles. The van der Waals surface area contributed by atoms with E-state index in [1.165, 1.54) is 5.56 Å². The van der Waals surface area contributed by atoms with E-state index in [2.05, 4.69) is 36.2 Å². The van der Waals surface area contributed by atoms with Crippen molar-refractivity contribution < 1.29 is 9.53 Å². The molecule has 1 aromatic carbocycles. The fourth-order valence-corrected chi connectivity index (χ4v) is 2.20. The summed E-state index contributed by atoms with van der Waals surface area (Å²) in [5.74, 6) is -0.0639. The Bertz CT molecular complexity index is 431. The first kappa shape index (κ1) is 17.7. The van der Waals surface area contributed by atoms with E-state index >= 15 is 0 Å². The fraction of sp³-hybridized carbons (Fsp3) is 0.588. The van der Waals surface area contributed by atoms with Crippen LogP contribution in [0.5, 0.6) is 0 Å². The molecule has 118 valence electrons. The Morgan fingerprint density at radius 3 is 2.52 bits per heavy atom. The quantitative estimate of drug-likeness (QED) is 0.760. The fourth-order valence-electron chi connectivity index (χ4n) is 2.20. The van der Waals surface area contributed by atoms with Crippen LogP contribution in [-0.2, 0) is 22.6 Å². The van der Waals surface area contributed by atoms with Gasteiger partial charge in [-0.05, 0) is 38.1 Å². The monoisotopic (exact) mass is 292 g/mol. The van der Waals surface area contributed by atoms with Crippen LogP contribution in [0.25, 0.3) is 0 Å². The van der Waals surface area contributed by atoms with Gasteiger partial charge < -0.3 is 10.1 Å². The average molecular weight is 292 g/mol. The van der Waals surface area contributed by atoms with Gasteiger partial charge in [-0.15, -0.1) is 0 Å². The molecule has 1 N–H and O–H groups in total. The maximum absolute atomic E-state index is 11.8. The smallest absolute Gasteiger partial charge is 0.249 e. The summed E-state index contributed by atoms with van der Waals surface area (Å²) >= 11 is 0. The van der Waals surface area contributed by atoms with Gasteiger partial charge in [0.1, 0.15) is 6.10 Å². The molecule has 0 fully saturated rings. The Hall–Kier alpha value is -1.39. The van der Waals surface area contributed by atoms with Crippen LogP contribution in [0, 0.1) is 0 Å². The topological polar surface area (TPSA) is 41.6 Å². The highest BCUT2D eigenvalue weighted by atomic mass is 16.5. The summed E-state index contributed by atoms with van der Waals surface area (Å²) in [7, 11) is 0. The predicted molar refractivity (Wildman–Crippen MR) is 86.0 cm³/mol. The van der Waals surface area contributed by atoms with Crippen LogP contribution in [0.15, 0.2) is 24.3 Å². The Morgan fingerprint density at radius 1 is 1.24 bits per heavy atom. The van der Waals surface area contributed by atoms with Gasteiger partial charge in [-0.25, -0.2) is 0 Å². The summed E-state index contributed by atoms with van der Waals surface area (Å²) in [4.78, 5) is 14.2. The van der Waals surface area contributed by atoms with Gasteiger partial charge in [0.2, 0.25) is 5.91 Å². The lowest BCUT2D eigenvalue weighted by Gasteiger charge is -2.18. The van der Waals surface area contributed by atoms with Gasteiger partial charge in [-0.1, -0.05) is 38.1 Å². The molecule has 0 unspecified atom stereocenters. The van der Waals surface area contributed by atoms with E-state index in [1.54, 1.807) is 6.92 Å². The zero-order valence-corrected chi connectivity index (χ0v) is 13.7. The average Bonchev–Trinajstić information content (AvgIpc) is 2.50. The van der Waals surface area contributed by atoms with Crippen molar-refractivity contribution in [3.63, 3.8) is 0 Å². The van der Waals surface area contributed by atoms with Crippen LogP contribution in [0.3, 0.4) is 0 Å². The number of amides is 1. The molecule has 1 rings (SSSR count). The highest BCUT2D eigenvalue weighted by Crippen LogP contribution is 2.08. The van der Waals surface area contributed by atoms with Crippen LogP contribution in [-0.4, -0.2) is 36.6 Å². The first-order chi connectivity index (χ1) is 10.1. The number of hydrogen-bond acceptors (Lipinski definition) is 3. The van der Waals surface area contributed by atoms with Crippen LogP contribution < -0.4 is 5.32 Å². The molecule has 4 heteroatoms.